The van der Waals surface area contributed by atoms with E-state index in [0.717, 1.165) is 76.1 Å². The van der Waals surface area contributed by atoms with Crippen LogP contribution in [0.25, 0.3) is 0 Å². The van der Waals surface area contributed by atoms with Gasteiger partial charge >= 0.3 is 0 Å². The first-order chi connectivity index (χ1) is 13.5. The predicted octanol–water partition coefficient (Wildman–Crippen LogP) is 1.45. The van der Waals surface area contributed by atoms with Gasteiger partial charge in [0.1, 0.15) is 11.4 Å². The molecule has 0 unspecified atom stereocenters. The molecule has 3 aliphatic rings. The predicted molar refractivity (Wildman–Crippen MR) is 102 cm³/mol. The van der Waals surface area contributed by atoms with Crippen molar-refractivity contribution in [1.82, 2.24) is 25.0 Å². The van der Waals surface area contributed by atoms with Crippen LogP contribution in [0.1, 0.15) is 49.9 Å². The van der Waals surface area contributed by atoms with Crippen LogP contribution in [-0.4, -0.2) is 76.1 Å². The Morgan fingerprint density at radius 3 is 2.46 bits per heavy atom. The van der Waals surface area contributed by atoms with Crippen LogP contribution in [-0.2, 0) is 16.1 Å². The lowest BCUT2D eigenvalue weighted by atomic mass is 9.92. The van der Waals surface area contributed by atoms with Gasteiger partial charge in [0.05, 0.1) is 12.5 Å². The van der Waals surface area contributed by atoms with Crippen molar-refractivity contribution < 1.29 is 14.2 Å². The third-order valence-electron chi connectivity index (χ3n) is 6.53. The molecule has 2 amide bonds. The molecule has 0 N–H and O–H groups in total. The first-order valence-corrected chi connectivity index (χ1v) is 10.6. The third-order valence-corrected chi connectivity index (χ3v) is 6.53. The number of carbonyl (C=O) groups is 2. The molecule has 3 heterocycles. The monoisotopic (exact) mass is 389 g/mol. The average Bonchev–Trinajstić information content (AvgIpc) is 3.50. The fourth-order valence-electron chi connectivity index (χ4n) is 4.59. The number of amides is 2. The minimum Gasteiger partial charge on any atom is -0.342 e. The van der Waals surface area contributed by atoms with Crippen molar-refractivity contribution in [2.45, 2.75) is 58.0 Å². The molecule has 1 saturated carbocycles. The molecule has 8 heteroatoms. The molecule has 4 rings (SSSR count). The Morgan fingerprint density at radius 2 is 1.82 bits per heavy atom. The van der Waals surface area contributed by atoms with E-state index in [1.54, 1.807) is 4.90 Å². The van der Waals surface area contributed by atoms with Crippen LogP contribution in [0, 0.1) is 18.8 Å². The van der Waals surface area contributed by atoms with Gasteiger partial charge in [-0.15, -0.1) is 0 Å². The highest BCUT2D eigenvalue weighted by molar-refractivity contribution is 5.81. The van der Waals surface area contributed by atoms with Gasteiger partial charge < -0.3 is 9.80 Å². The Balaban J connectivity index is 1.28. The molecule has 0 aromatic carbocycles. The quantitative estimate of drug-likeness (QED) is 0.758. The fourth-order valence-corrected chi connectivity index (χ4v) is 4.59. The number of aryl methyl sites for hydroxylation is 1. The Bertz CT molecular complexity index is 708. The SMILES string of the molecule is Cc1nonc1CN(C)C(=O)[C@H]1CCCN(C2CCN(C(=O)C3CC3)CC2)C1. The molecule has 1 aromatic heterocycles. The summed E-state index contributed by atoms with van der Waals surface area (Å²) in [7, 11) is 1.83. The summed E-state index contributed by atoms with van der Waals surface area (Å²) in [6.45, 7) is 5.89. The van der Waals surface area contributed by atoms with Gasteiger partial charge in [0.25, 0.3) is 0 Å². The van der Waals surface area contributed by atoms with Gasteiger partial charge in [-0.05, 0) is 52.0 Å². The van der Waals surface area contributed by atoms with E-state index in [1.165, 1.54) is 0 Å². The van der Waals surface area contributed by atoms with Gasteiger partial charge in [-0.1, -0.05) is 10.3 Å². The van der Waals surface area contributed by atoms with E-state index in [1.807, 2.05) is 14.0 Å². The van der Waals surface area contributed by atoms with Gasteiger partial charge in [-0.2, -0.15) is 0 Å². The number of piperidine rings is 2. The first-order valence-electron chi connectivity index (χ1n) is 10.6. The van der Waals surface area contributed by atoms with E-state index < -0.39 is 0 Å². The average molecular weight is 390 g/mol. The minimum atomic E-state index is 0.0324. The van der Waals surface area contributed by atoms with Gasteiger partial charge in [0.2, 0.25) is 11.8 Å². The van der Waals surface area contributed by atoms with Crippen LogP contribution >= 0.6 is 0 Å². The summed E-state index contributed by atoms with van der Waals surface area (Å²) in [5.74, 6) is 0.885. The van der Waals surface area contributed by atoms with Crippen molar-refractivity contribution in [2.75, 3.05) is 33.2 Å². The third kappa shape index (κ3) is 4.21. The normalized spacial score (nSPS) is 24.4. The van der Waals surface area contributed by atoms with Crippen LogP contribution in [0.3, 0.4) is 0 Å². The van der Waals surface area contributed by atoms with Crippen LogP contribution in [0.2, 0.25) is 0 Å². The van der Waals surface area contributed by atoms with Crippen LogP contribution in [0.4, 0.5) is 0 Å². The van der Waals surface area contributed by atoms with Gasteiger partial charge in [-0.3, -0.25) is 14.5 Å². The maximum absolute atomic E-state index is 13.0. The van der Waals surface area contributed by atoms with Crippen molar-refractivity contribution in [1.29, 1.82) is 0 Å². The zero-order valence-electron chi connectivity index (χ0n) is 17.0. The second-order valence-electron chi connectivity index (χ2n) is 8.66. The molecule has 3 fully saturated rings. The number of aromatic nitrogens is 2. The summed E-state index contributed by atoms with van der Waals surface area (Å²) in [6.07, 6.45) is 6.20. The molecular formula is C20H31N5O3. The van der Waals surface area contributed by atoms with E-state index in [2.05, 4.69) is 20.1 Å². The highest BCUT2D eigenvalue weighted by Crippen LogP contribution is 2.33. The maximum Gasteiger partial charge on any atom is 0.227 e. The second kappa shape index (κ2) is 8.19. The highest BCUT2D eigenvalue weighted by atomic mass is 16.6. The molecule has 1 aliphatic carbocycles. The molecule has 8 nitrogen and oxygen atoms in total. The van der Waals surface area contributed by atoms with E-state index >= 15 is 0 Å². The molecule has 0 radical (unpaired) electrons. The molecular weight excluding hydrogens is 358 g/mol. The Hall–Kier alpha value is -1.96. The Morgan fingerprint density at radius 1 is 1.07 bits per heavy atom. The second-order valence-corrected chi connectivity index (χ2v) is 8.66. The zero-order chi connectivity index (χ0) is 19.7. The maximum atomic E-state index is 13.0. The van der Waals surface area contributed by atoms with Gasteiger partial charge in [0, 0.05) is 38.6 Å². The molecule has 1 aromatic rings. The number of hydrogen-bond acceptors (Lipinski definition) is 6. The largest absolute Gasteiger partial charge is 0.342 e. The van der Waals surface area contributed by atoms with Gasteiger partial charge in [-0.25, -0.2) is 4.63 Å². The molecule has 0 spiro atoms. The van der Waals surface area contributed by atoms with Gasteiger partial charge in [0.15, 0.2) is 0 Å². The van der Waals surface area contributed by atoms with Crippen molar-refractivity contribution in [3.63, 3.8) is 0 Å². The summed E-state index contributed by atoms with van der Waals surface area (Å²) >= 11 is 0. The molecule has 1 atom stereocenters. The Labute approximate surface area is 166 Å². The van der Waals surface area contributed by atoms with Crippen molar-refractivity contribution in [3.8, 4) is 0 Å². The lowest BCUT2D eigenvalue weighted by Gasteiger charge is -2.42. The number of carbonyl (C=O) groups excluding carboxylic acids is 2. The minimum absolute atomic E-state index is 0.0324. The van der Waals surface area contributed by atoms with Crippen LogP contribution in [0.15, 0.2) is 4.63 Å². The smallest absolute Gasteiger partial charge is 0.227 e. The van der Waals surface area contributed by atoms with E-state index in [-0.39, 0.29) is 11.8 Å². The molecule has 154 valence electrons. The van der Waals surface area contributed by atoms with Crippen molar-refractivity contribution in [3.05, 3.63) is 11.4 Å². The topological polar surface area (TPSA) is 82.8 Å². The summed E-state index contributed by atoms with van der Waals surface area (Å²) < 4.78 is 4.74. The molecule has 28 heavy (non-hydrogen) atoms. The molecule has 0 bridgehead atoms. The van der Waals surface area contributed by atoms with Crippen molar-refractivity contribution in [2.24, 2.45) is 11.8 Å². The standard InChI is InChI=1S/C20H31N5O3/c1-14-18(22-28-21-14)13-23(2)19(26)16-4-3-9-25(12-16)17-7-10-24(11-8-17)20(27)15-5-6-15/h15-17H,3-13H2,1-2H3/t16-/m0/s1. The summed E-state index contributed by atoms with van der Waals surface area (Å²) in [5, 5.41) is 7.67. The van der Waals surface area contributed by atoms with Crippen molar-refractivity contribution >= 4 is 11.8 Å². The lowest BCUT2D eigenvalue weighted by Crippen LogP contribution is -2.51. The van der Waals surface area contributed by atoms with E-state index in [9.17, 15) is 9.59 Å². The number of hydrogen-bond donors (Lipinski definition) is 0. The van der Waals surface area contributed by atoms with E-state index in [0.29, 0.717) is 24.4 Å². The summed E-state index contributed by atoms with van der Waals surface area (Å²) in [5.41, 5.74) is 1.45. The van der Waals surface area contributed by atoms with Crippen LogP contribution < -0.4 is 0 Å². The first kappa shape index (κ1) is 19.4. The lowest BCUT2D eigenvalue weighted by molar-refractivity contribution is -0.137. The molecule has 2 saturated heterocycles. The highest BCUT2D eigenvalue weighted by Gasteiger charge is 2.37. The van der Waals surface area contributed by atoms with Crippen LogP contribution in [0.5, 0.6) is 0 Å². The number of likely N-dealkylation sites (tertiary alicyclic amines) is 2. The number of nitrogens with zero attached hydrogens (tertiary/aromatic N) is 5. The summed E-state index contributed by atoms with van der Waals surface area (Å²) in [6, 6.07) is 0.492. The molecule has 2 aliphatic heterocycles. The summed E-state index contributed by atoms with van der Waals surface area (Å²) in [4.78, 5) is 31.5. The number of rotatable bonds is 5. The van der Waals surface area contributed by atoms with E-state index in [4.69, 9.17) is 4.63 Å². The fraction of sp³-hybridized carbons (Fsp3) is 0.800. The Kier molecular flexibility index (Phi) is 5.66. The zero-order valence-corrected chi connectivity index (χ0v) is 17.0.